The van der Waals surface area contributed by atoms with Crippen LogP contribution in [0.25, 0.3) is 21.6 Å². The van der Waals surface area contributed by atoms with Gasteiger partial charge in [0.1, 0.15) is 11.5 Å². The normalized spacial score (nSPS) is 13.8. The van der Waals surface area contributed by atoms with Gasteiger partial charge in [-0.3, -0.25) is 10.1 Å². The summed E-state index contributed by atoms with van der Waals surface area (Å²) in [7, 11) is 0. The highest BCUT2D eigenvalue weighted by molar-refractivity contribution is 7.22. The van der Waals surface area contributed by atoms with Gasteiger partial charge in [-0.2, -0.15) is 0 Å². The molecule has 29 heavy (non-hydrogen) atoms. The largest absolute Gasteiger partial charge is 0.327 e. The van der Waals surface area contributed by atoms with Gasteiger partial charge in [0.05, 0.1) is 15.9 Å². The molecule has 0 radical (unpaired) electrons. The van der Waals surface area contributed by atoms with E-state index in [0.29, 0.717) is 15.8 Å². The fourth-order valence-electron chi connectivity index (χ4n) is 3.80. The van der Waals surface area contributed by atoms with Crippen molar-refractivity contribution >= 4 is 44.2 Å². The number of fused-ring (bicyclic) bond motifs is 2. The third kappa shape index (κ3) is 3.54. The van der Waals surface area contributed by atoms with Crippen LogP contribution in [0.15, 0.2) is 48.5 Å². The summed E-state index contributed by atoms with van der Waals surface area (Å²) in [5.74, 6) is 0.628. The van der Waals surface area contributed by atoms with Crippen LogP contribution in [-0.2, 0) is 13.0 Å². The number of halogens is 1. The minimum atomic E-state index is -0.199. The summed E-state index contributed by atoms with van der Waals surface area (Å²) in [5, 5.41) is 4.25. The molecule has 3 heterocycles. The highest BCUT2D eigenvalue weighted by atomic mass is 35.5. The monoisotopic (exact) mass is 422 g/mol. The number of thiazole rings is 1. The number of benzene rings is 2. The van der Waals surface area contributed by atoms with Crippen LogP contribution in [0.3, 0.4) is 0 Å². The van der Waals surface area contributed by atoms with Gasteiger partial charge in [0.2, 0.25) is 0 Å². The molecule has 0 saturated carbocycles. The van der Waals surface area contributed by atoms with E-state index in [9.17, 15) is 4.79 Å². The first kappa shape index (κ1) is 18.3. The summed E-state index contributed by atoms with van der Waals surface area (Å²) in [6.45, 7) is 0.870. The predicted molar refractivity (Wildman–Crippen MR) is 118 cm³/mol. The summed E-state index contributed by atoms with van der Waals surface area (Å²) in [6, 6.07) is 15.5. The molecule has 0 unspecified atom stereocenters. The molecule has 0 aliphatic carbocycles. The molecule has 1 aliphatic rings. The van der Waals surface area contributed by atoms with Crippen LogP contribution >= 0.6 is 22.9 Å². The Labute approximate surface area is 177 Å². The van der Waals surface area contributed by atoms with E-state index in [2.05, 4.69) is 14.9 Å². The van der Waals surface area contributed by atoms with Crippen molar-refractivity contribution < 1.29 is 4.79 Å². The Kier molecular flexibility index (Phi) is 4.81. The molecule has 146 valence electrons. The average molecular weight is 423 g/mol. The van der Waals surface area contributed by atoms with E-state index in [1.165, 1.54) is 11.3 Å². The van der Waals surface area contributed by atoms with Gasteiger partial charge in [-0.1, -0.05) is 41.5 Å². The number of nitrogens with one attached hydrogen (secondary N) is 1. The molecule has 0 spiro atoms. The average Bonchev–Trinajstić information content (AvgIpc) is 3.21. The molecule has 2 aromatic heterocycles. The SMILES string of the molecule is O=C(Nc1nc2ccccc2s1)c1nc(-c2ccc(Cl)cc2)n2c1CCCCC2. The van der Waals surface area contributed by atoms with E-state index >= 15 is 0 Å². The molecular weight excluding hydrogens is 404 g/mol. The van der Waals surface area contributed by atoms with Crippen LogP contribution < -0.4 is 5.32 Å². The molecule has 7 heteroatoms. The van der Waals surface area contributed by atoms with Crippen LogP contribution in [0.5, 0.6) is 0 Å². The number of hydrogen-bond donors (Lipinski definition) is 1. The molecule has 2 aromatic carbocycles. The van der Waals surface area contributed by atoms with Crippen LogP contribution in [-0.4, -0.2) is 20.4 Å². The molecule has 5 nitrogen and oxygen atoms in total. The fraction of sp³-hybridized carbons (Fsp3) is 0.227. The number of anilines is 1. The lowest BCUT2D eigenvalue weighted by molar-refractivity contribution is 0.102. The molecule has 1 aliphatic heterocycles. The van der Waals surface area contributed by atoms with Crippen molar-refractivity contribution in [3.05, 3.63) is 64.9 Å². The Morgan fingerprint density at radius 3 is 2.69 bits per heavy atom. The van der Waals surface area contributed by atoms with E-state index < -0.39 is 0 Å². The lowest BCUT2D eigenvalue weighted by atomic mass is 10.1. The van der Waals surface area contributed by atoms with Crippen LogP contribution in [0.1, 0.15) is 35.4 Å². The minimum absolute atomic E-state index is 0.199. The van der Waals surface area contributed by atoms with E-state index in [0.717, 1.165) is 59.5 Å². The molecular formula is C22H19ClN4OS. The van der Waals surface area contributed by atoms with E-state index in [1.807, 2.05) is 48.5 Å². The number of carbonyl (C=O) groups excluding carboxylic acids is 1. The smallest absolute Gasteiger partial charge is 0.277 e. The molecule has 1 amide bonds. The predicted octanol–water partition coefficient (Wildman–Crippen LogP) is 5.79. The zero-order valence-electron chi connectivity index (χ0n) is 15.7. The molecule has 0 bridgehead atoms. The van der Waals surface area contributed by atoms with Gasteiger partial charge < -0.3 is 4.57 Å². The van der Waals surface area contributed by atoms with Crippen molar-refractivity contribution in [3.8, 4) is 11.4 Å². The highest BCUT2D eigenvalue weighted by Crippen LogP contribution is 2.30. The number of hydrogen-bond acceptors (Lipinski definition) is 4. The molecule has 0 fully saturated rings. The van der Waals surface area contributed by atoms with E-state index in [-0.39, 0.29) is 5.91 Å². The van der Waals surface area contributed by atoms with Crippen molar-refractivity contribution in [3.63, 3.8) is 0 Å². The quantitative estimate of drug-likeness (QED) is 0.454. The maximum atomic E-state index is 13.1. The lowest BCUT2D eigenvalue weighted by Crippen LogP contribution is -2.15. The van der Waals surface area contributed by atoms with Crippen molar-refractivity contribution in [1.82, 2.24) is 14.5 Å². The Balaban J connectivity index is 1.53. The van der Waals surface area contributed by atoms with Gasteiger partial charge in [-0.05, 0) is 55.7 Å². The Hall–Kier alpha value is -2.70. The summed E-state index contributed by atoms with van der Waals surface area (Å²) in [6.07, 6.45) is 4.15. The number of para-hydroxylation sites is 1. The molecule has 4 aromatic rings. The topological polar surface area (TPSA) is 59.8 Å². The van der Waals surface area contributed by atoms with Crippen molar-refractivity contribution in [2.45, 2.75) is 32.2 Å². The van der Waals surface area contributed by atoms with Gasteiger partial charge in [0, 0.05) is 17.1 Å². The van der Waals surface area contributed by atoms with Crippen LogP contribution in [0.2, 0.25) is 5.02 Å². The summed E-state index contributed by atoms with van der Waals surface area (Å²) >= 11 is 7.53. The number of nitrogens with zero attached hydrogens (tertiary/aromatic N) is 3. The standard InChI is InChI=1S/C22H19ClN4OS/c23-15-11-9-14(10-12-15)20-25-19(17-7-2-1-5-13-27(17)20)21(28)26-22-24-16-6-3-4-8-18(16)29-22/h3-4,6,8-12H,1-2,5,7,13H2,(H,24,26,28). The van der Waals surface area contributed by atoms with Gasteiger partial charge >= 0.3 is 0 Å². The first-order chi connectivity index (χ1) is 14.2. The number of aromatic nitrogens is 3. The second-order valence-electron chi connectivity index (χ2n) is 7.14. The molecule has 0 saturated heterocycles. The Morgan fingerprint density at radius 2 is 1.86 bits per heavy atom. The molecule has 5 rings (SSSR count). The number of imidazole rings is 1. The summed E-state index contributed by atoms with van der Waals surface area (Å²) in [4.78, 5) is 22.4. The molecule has 1 N–H and O–H groups in total. The van der Waals surface area contributed by atoms with Crippen molar-refractivity contribution in [1.29, 1.82) is 0 Å². The van der Waals surface area contributed by atoms with Gasteiger partial charge in [-0.25, -0.2) is 9.97 Å². The zero-order chi connectivity index (χ0) is 19.8. The Morgan fingerprint density at radius 1 is 1.03 bits per heavy atom. The second kappa shape index (κ2) is 7.61. The highest BCUT2D eigenvalue weighted by Gasteiger charge is 2.25. The van der Waals surface area contributed by atoms with Gasteiger partial charge in [-0.15, -0.1) is 0 Å². The third-order valence-electron chi connectivity index (χ3n) is 5.20. The number of carbonyl (C=O) groups is 1. The van der Waals surface area contributed by atoms with Crippen LogP contribution in [0, 0.1) is 0 Å². The first-order valence-electron chi connectivity index (χ1n) is 9.71. The first-order valence-corrected chi connectivity index (χ1v) is 10.9. The van der Waals surface area contributed by atoms with Gasteiger partial charge in [0.25, 0.3) is 5.91 Å². The third-order valence-corrected chi connectivity index (χ3v) is 6.40. The van der Waals surface area contributed by atoms with E-state index in [1.54, 1.807) is 0 Å². The van der Waals surface area contributed by atoms with Crippen LogP contribution in [0.4, 0.5) is 5.13 Å². The van der Waals surface area contributed by atoms with Gasteiger partial charge in [0.15, 0.2) is 5.13 Å². The number of rotatable bonds is 3. The lowest BCUT2D eigenvalue weighted by Gasteiger charge is -2.09. The zero-order valence-corrected chi connectivity index (χ0v) is 17.3. The maximum absolute atomic E-state index is 13.1. The molecule has 0 atom stereocenters. The van der Waals surface area contributed by atoms with E-state index in [4.69, 9.17) is 16.6 Å². The summed E-state index contributed by atoms with van der Waals surface area (Å²) < 4.78 is 3.25. The summed E-state index contributed by atoms with van der Waals surface area (Å²) in [5.41, 5.74) is 3.36. The van der Waals surface area contributed by atoms with Crippen molar-refractivity contribution in [2.24, 2.45) is 0 Å². The number of amides is 1. The fourth-order valence-corrected chi connectivity index (χ4v) is 4.79. The van der Waals surface area contributed by atoms with Crippen molar-refractivity contribution in [2.75, 3.05) is 5.32 Å². The maximum Gasteiger partial charge on any atom is 0.277 e. The second-order valence-corrected chi connectivity index (χ2v) is 8.61. The Bertz CT molecular complexity index is 1160. The minimum Gasteiger partial charge on any atom is -0.327 e.